The summed E-state index contributed by atoms with van der Waals surface area (Å²) < 4.78 is 0. The van der Waals surface area contributed by atoms with Gasteiger partial charge in [0.25, 0.3) is 0 Å². The van der Waals surface area contributed by atoms with Crippen LogP contribution in [0.15, 0.2) is 267 Å². The summed E-state index contributed by atoms with van der Waals surface area (Å²) >= 11 is 0. The van der Waals surface area contributed by atoms with Crippen molar-refractivity contribution in [2.75, 3.05) is 9.80 Å². The fourth-order valence-electron chi connectivity index (χ4n) is 15.3. The predicted molar refractivity (Wildman–Crippen MR) is 388 cm³/mol. The van der Waals surface area contributed by atoms with E-state index in [0.29, 0.717) is 0 Å². The smallest absolute Gasteiger partial charge is 0.0473 e. The molecule has 0 heterocycles. The van der Waals surface area contributed by atoms with Gasteiger partial charge in [0.1, 0.15) is 0 Å². The van der Waals surface area contributed by atoms with Gasteiger partial charge < -0.3 is 9.80 Å². The van der Waals surface area contributed by atoms with Crippen molar-refractivity contribution in [3.8, 4) is 77.9 Å². The van der Waals surface area contributed by atoms with Crippen molar-refractivity contribution in [2.24, 2.45) is 0 Å². The summed E-state index contributed by atoms with van der Waals surface area (Å²) in [5, 5.41) is 0. The number of fused-ring (bicyclic) bond motifs is 9. The number of benzene rings is 12. The molecule has 91 heavy (non-hydrogen) atoms. The predicted octanol–water partition coefficient (Wildman–Crippen LogP) is 24.8. The molecule has 0 fully saturated rings. The Labute approximate surface area is 540 Å². The van der Waals surface area contributed by atoms with Gasteiger partial charge in [-0.3, -0.25) is 0 Å². The van der Waals surface area contributed by atoms with Crippen LogP contribution >= 0.6 is 0 Å². The van der Waals surface area contributed by atoms with Gasteiger partial charge in [-0.15, -0.1) is 0 Å². The topological polar surface area (TPSA) is 6.48 Å². The summed E-state index contributed by atoms with van der Waals surface area (Å²) in [4.78, 5) is 4.98. The fraction of sp³-hybridized carbons (Fsp3) is 0.191. The van der Waals surface area contributed by atoms with E-state index in [0.717, 1.165) is 34.1 Å². The van der Waals surface area contributed by atoms with Crippen LogP contribution in [-0.2, 0) is 27.1 Å². The van der Waals surface area contributed by atoms with Gasteiger partial charge >= 0.3 is 0 Å². The zero-order valence-corrected chi connectivity index (χ0v) is 54.8. The van der Waals surface area contributed by atoms with Gasteiger partial charge in [0.15, 0.2) is 0 Å². The molecule has 0 aliphatic heterocycles. The number of anilines is 6. The van der Waals surface area contributed by atoms with E-state index < -0.39 is 0 Å². The highest BCUT2D eigenvalue weighted by atomic mass is 15.1. The van der Waals surface area contributed by atoms with Gasteiger partial charge in [0.05, 0.1) is 0 Å². The Morgan fingerprint density at radius 3 is 0.857 bits per heavy atom. The van der Waals surface area contributed by atoms with Crippen molar-refractivity contribution < 1.29 is 0 Å². The number of nitrogens with zero attached hydrogens (tertiary/aromatic N) is 2. The van der Waals surface area contributed by atoms with Gasteiger partial charge in [-0.1, -0.05) is 253 Å². The van der Waals surface area contributed by atoms with Crippen molar-refractivity contribution >= 4 is 34.1 Å². The lowest BCUT2D eigenvalue weighted by Gasteiger charge is -2.30. The molecule has 0 amide bonds. The Kier molecular flexibility index (Phi) is 13.4. The normalized spacial score (nSPS) is 14.4. The number of hydrogen-bond donors (Lipinski definition) is 0. The molecule has 0 saturated carbocycles. The highest BCUT2D eigenvalue weighted by Crippen LogP contribution is 2.55. The first kappa shape index (κ1) is 57.7. The highest BCUT2D eigenvalue weighted by Gasteiger charge is 2.39. The second-order valence-corrected chi connectivity index (χ2v) is 29.5. The summed E-state index contributed by atoms with van der Waals surface area (Å²) in [6, 6.07) is 102. The van der Waals surface area contributed by atoms with Crippen molar-refractivity contribution in [3.63, 3.8) is 0 Å². The molecule has 12 aromatic rings. The Balaban J connectivity index is 0.847. The Morgan fingerprint density at radius 2 is 0.495 bits per heavy atom. The molecule has 2 nitrogen and oxygen atoms in total. The first-order valence-electron chi connectivity index (χ1n) is 32.6. The molecule has 15 rings (SSSR count). The molecule has 3 aliphatic rings. The molecular weight excluding hydrogens is 1100 g/mol. The standard InChI is InChI=1S/C89H80N2/c1-85(2,3)65-33-37-67(38-34-65)90(69-41-45-77-73-27-19-21-29-79(73)87(7,8)83(77)55-69)71-49-61(57-23-15-13-16-24-57)47-63(51-71)59-31-43-75-76-44-32-60(54-82(76)89(11,12)81(75)53-59)64-48-62(58-25-17-14-18-26-58)50-72(52-64)91(68-39-35-66(36-40-68)86(4,5)6)70-42-46-78-74-28-20-22-30-80(74)88(9,10)84(78)56-70/h13-56H,1-12H3. The van der Waals surface area contributed by atoms with Gasteiger partial charge in [-0.05, 0) is 230 Å². The Bertz CT molecular complexity index is 4520. The zero-order valence-electron chi connectivity index (χ0n) is 54.8. The van der Waals surface area contributed by atoms with E-state index in [4.69, 9.17) is 0 Å². The van der Waals surface area contributed by atoms with Crippen molar-refractivity contribution in [1.82, 2.24) is 0 Å². The molecule has 0 atom stereocenters. The van der Waals surface area contributed by atoms with E-state index in [2.05, 4.69) is 360 Å². The van der Waals surface area contributed by atoms with Crippen LogP contribution in [0.2, 0.25) is 0 Å². The molecule has 0 aromatic heterocycles. The van der Waals surface area contributed by atoms with Crippen molar-refractivity contribution in [3.05, 3.63) is 311 Å². The number of hydrogen-bond acceptors (Lipinski definition) is 2. The second kappa shape index (κ2) is 21.2. The van der Waals surface area contributed by atoms with E-state index in [9.17, 15) is 0 Å². The van der Waals surface area contributed by atoms with Crippen LogP contribution in [-0.4, -0.2) is 0 Å². The minimum atomic E-state index is -0.304. The average molecular weight is 1180 g/mol. The third-order valence-electron chi connectivity index (χ3n) is 20.5. The van der Waals surface area contributed by atoms with Crippen LogP contribution in [0.4, 0.5) is 34.1 Å². The SMILES string of the molecule is CC(C)(C)c1ccc(N(c2cc(-c3ccccc3)cc(-c3ccc4c(c3)C(C)(C)c3cc(-c5cc(-c6ccccc6)cc(N(c6ccc(C(C)(C)C)cc6)c6ccc7c(c6)C(C)(C)c6ccccc6-7)c5)ccc3-4)c2)c2ccc3c(c2)C(C)(C)c2ccccc2-3)cc1. The first-order chi connectivity index (χ1) is 43.6. The van der Waals surface area contributed by atoms with E-state index in [1.54, 1.807) is 0 Å². The zero-order chi connectivity index (χ0) is 62.9. The summed E-state index contributed by atoms with van der Waals surface area (Å²) in [6.07, 6.45) is 0. The molecule has 446 valence electrons. The lowest BCUT2D eigenvalue weighted by molar-refractivity contribution is 0.590. The lowest BCUT2D eigenvalue weighted by atomic mass is 9.80. The van der Waals surface area contributed by atoms with Gasteiger partial charge in [-0.2, -0.15) is 0 Å². The molecular formula is C89H80N2. The largest absolute Gasteiger partial charge is 0.310 e. The van der Waals surface area contributed by atoms with Gasteiger partial charge in [-0.25, -0.2) is 0 Å². The molecule has 0 bridgehead atoms. The molecule has 3 aliphatic carbocycles. The van der Waals surface area contributed by atoms with E-state index in [1.165, 1.54) is 122 Å². The van der Waals surface area contributed by atoms with Gasteiger partial charge in [0.2, 0.25) is 0 Å². The molecule has 0 unspecified atom stereocenters. The van der Waals surface area contributed by atoms with Crippen LogP contribution in [0.25, 0.3) is 77.9 Å². The minimum absolute atomic E-state index is 0.0179. The third-order valence-corrected chi connectivity index (χ3v) is 20.5. The molecule has 12 aromatic carbocycles. The average Bonchev–Trinajstić information content (AvgIpc) is 1.61. The molecule has 0 spiro atoms. The summed E-state index contributed by atoms with van der Waals surface area (Å²) in [5.74, 6) is 0. The fourth-order valence-corrected chi connectivity index (χ4v) is 15.3. The molecule has 0 radical (unpaired) electrons. The van der Waals surface area contributed by atoms with Crippen molar-refractivity contribution in [1.29, 1.82) is 0 Å². The summed E-state index contributed by atoms with van der Waals surface area (Å²) in [5.41, 5.74) is 34.3. The third kappa shape index (κ3) is 9.77. The maximum atomic E-state index is 2.49. The minimum Gasteiger partial charge on any atom is -0.310 e. The monoisotopic (exact) mass is 1180 g/mol. The van der Waals surface area contributed by atoms with Crippen molar-refractivity contribution in [2.45, 2.75) is 110 Å². The molecule has 0 saturated heterocycles. The van der Waals surface area contributed by atoms with E-state index in [1.807, 2.05) is 0 Å². The van der Waals surface area contributed by atoms with Crippen LogP contribution in [0, 0.1) is 0 Å². The summed E-state index contributed by atoms with van der Waals surface area (Å²) in [7, 11) is 0. The van der Waals surface area contributed by atoms with Crippen LogP contribution in [0.5, 0.6) is 0 Å². The van der Waals surface area contributed by atoms with E-state index in [-0.39, 0.29) is 27.1 Å². The Hall–Kier alpha value is -9.76. The lowest BCUT2D eigenvalue weighted by Crippen LogP contribution is -2.17. The second-order valence-electron chi connectivity index (χ2n) is 29.5. The first-order valence-corrected chi connectivity index (χ1v) is 32.6. The van der Waals surface area contributed by atoms with Gasteiger partial charge in [0, 0.05) is 50.4 Å². The van der Waals surface area contributed by atoms with Crippen LogP contribution in [0.1, 0.15) is 128 Å². The molecule has 0 N–H and O–H groups in total. The maximum absolute atomic E-state index is 2.49. The quantitative estimate of drug-likeness (QED) is 0.135. The Morgan fingerprint density at radius 1 is 0.209 bits per heavy atom. The summed E-state index contributed by atoms with van der Waals surface area (Å²) in [6.45, 7) is 28.1. The number of rotatable bonds is 10. The maximum Gasteiger partial charge on any atom is 0.0473 e. The van der Waals surface area contributed by atoms with Crippen LogP contribution < -0.4 is 9.80 Å². The van der Waals surface area contributed by atoms with E-state index >= 15 is 0 Å². The molecule has 2 heteroatoms. The van der Waals surface area contributed by atoms with Crippen LogP contribution in [0.3, 0.4) is 0 Å². The highest BCUT2D eigenvalue weighted by molar-refractivity contribution is 5.93.